The van der Waals surface area contributed by atoms with Crippen molar-refractivity contribution in [3.63, 3.8) is 0 Å². The fourth-order valence-corrected chi connectivity index (χ4v) is 1.48. The molecule has 1 aromatic heterocycles. The molecule has 1 aromatic carbocycles. The number of nitrogens with one attached hydrogen (secondary N) is 1. The molecular formula is C12H12F2N4O. The number of rotatable bonds is 4. The Hall–Kier alpha value is -2.44. The second-order valence-corrected chi connectivity index (χ2v) is 3.84. The summed E-state index contributed by atoms with van der Waals surface area (Å²) in [6.07, 6.45) is -1.01. The molecule has 0 spiro atoms. The van der Waals surface area contributed by atoms with Gasteiger partial charge in [0, 0.05) is 11.9 Å². The zero-order valence-corrected chi connectivity index (χ0v) is 9.88. The van der Waals surface area contributed by atoms with E-state index in [1.807, 2.05) is 0 Å². The summed E-state index contributed by atoms with van der Waals surface area (Å²) in [5.41, 5.74) is 6.98. The Morgan fingerprint density at radius 2 is 2.00 bits per heavy atom. The number of hydrogen-bond acceptors (Lipinski definition) is 3. The summed E-state index contributed by atoms with van der Waals surface area (Å²) in [6.45, 7) is -0.687. The van der Waals surface area contributed by atoms with E-state index in [0.717, 1.165) is 5.69 Å². The summed E-state index contributed by atoms with van der Waals surface area (Å²) < 4.78 is 25.4. The molecule has 3 N–H and O–H groups in total. The molecule has 0 aliphatic rings. The molecule has 5 nitrogen and oxygen atoms in total. The van der Waals surface area contributed by atoms with Crippen LogP contribution in [0.2, 0.25) is 0 Å². The molecule has 0 saturated heterocycles. The molecule has 0 radical (unpaired) electrons. The van der Waals surface area contributed by atoms with Crippen LogP contribution in [-0.2, 0) is 0 Å². The Morgan fingerprint density at radius 3 is 2.63 bits per heavy atom. The summed E-state index contributed by atoms with van der Waals surface area (Å²) in [5.74, 6) is -0.630. The molecule has 0 fully saturated rings. The number of nitrogens with two attached hydrogens (primary N) is 1. The summed E-state index contributed by atoms with van der Waals surface area (Å²) in [6, 6.07) is 8.34. The number of aromatic nitrogens is 2. The van der Waals surface area contributed by atoms with Gasteiger partial charge in [0.2, 0.25) is 0 Å². The molecule has 2 rings (SSSR count). The number of anilines is 1. The summed E-state index contributed by atoms with van der Waals surface area (Å²) in [7, 11) is 0. The quantitative estimate of drug-likeness (QED) is 0.823. The highest BCUT2D eigenvalue weighted by molar-refractivity contribution is 5.92. The van der Waals surface area contributed by atoms with Crippen LogP contribution >= 0.6 is 0 Å². The predicted molar refractivity (Wildman–Crippen MR) is 66.3 cm³/mol. The lowest BCUT2D eigenvalue weighted by atomic mass is 10.3. The highest BCUT2D eigenvalue weighted by atomic mass is 19.3. The lowest BCUT2D eigenvalue weighted by molar-refractivity contribution is 0.0886. The van der Waals surface area contributed by atoms with E-state index < -0.39 is 18.9 Å². The summed E-state index contributed by atoms with van der Waals surface area (Å²) in [4.78, 5) is 11.5. The Balaban J connectivity index is 2.10. The van der Waals surface area contributed by atoms with E-state index in [9.17, 15) is 13.6 Å². The number of amides is 1. The Kier molecular flexibility index (Phi) is 3.74. The number of hydrogen-bond donors (Lipinski definition) is 2. The van der Waals surface area contributed by atoms with Crippen molar-refractivity contribution in [2.45, 2.75) is 6.43 Å². The molecule has 0 unspecified atom stereocenters. The van der Waals surface area contributed by atoms with Crippen molar-refractivity contribution in [3.8, 4) is 5.69 Å². The average Bonchev–Trinajstić information content (AvgIpc) is 2.86. The van der Waals surface area contributed by atoms with Crippen LogP contribution in [0.1, 0.15) is 10.5 Å². The van der Waals surface area contributed by atoms with Gasteiger partial charge in [0.1, 0.15) is 0 Å². The maximum Gasteiger partial charge on any atom is 0.271 e. The van der Waals surface area contributed by atoms with E-state index >= 15 is 0 Å². The molecular weight excluding hydrogens is 254 g/mol. The largest absolute Gasteiger partial charge is 0.399 e. The highest BCUT2D eigenvalue weighted by Crippen LogP contribution is 2.10. The maximum atomic E-state index is 12.0. The number of alkyl halides is 2. The van der Waals surface area contributed by atoms with E-state index in [-0.39, 0.29) is 5.69 Å². The van der Waals surface area contributed by atoms with Crippen LogP contribution in [0.4, 0.5) is 14.5 Å². The van der Waals surface area contributed by atoms with E-state index in [4.69, 9.17) is 5.73 Å². The van der Waals surface area contributed by atoms with Crippen molar-refractivity contribution in [1.82, 2.24) is 15.1 Å². The van der Waals surface area contributed by atoms with Crippen LogP contribution in [0.5, 0.6) is 0 Å². The predicted octanol–water partition coefficient (Wildman–Crippen LogP) is 1.45. The SMILES string of the molecule is Nc1ccc(-n2ccc(C(=O)NCC(F)F)n2)cc1. The molecule has 7 heteroatoms. The van der Waals surface area contributed by atoms with Gasteiger partial charge in [0.25, 0.3) is 12.3 Å². The standard InChI is InChI=1S/C12H12F2N4O/c13-11(14)7-16-12(19)10-5-6-18(17-10)9-3-1-8(15)2-4-9/h1-6,11H,7,15H2,(H,16,19). The lowest BCUT2D eigenvalue weighted by Crippen LogP contribution is -2.28. The Labute approximate surface area is 108 Å². The van der Waals surface area contributed by atoms with Gasteiger partial charge in [-0.1, -0.05) is 0 Å². The van der Waals surface area contributed by atoms with Gasteiger partial charge >= 0.3 is 0 Å². The van der Waals surface area contributed by atoms with Gasteiger partial charge in [-0.05, 0) is 30.3 Å². The summed E-state index contributed by atoms with van der Waals surface area (Å²) >= 11 is 0. The first-order valence-electron chi connectivity index (χ1n) is 5.54. The van der Waals surface area contributed by atoms with Crippen LogP contribution in [0.25, 0.3) is 5.69 Å². The highest BCUT2D eigenvalue weighted by Gasteiger charge is 2.12. The molecule has 0 bridgehead atoms. The van der Waals surface area contributed by atoms with E-state index in [1.54, 1.807) is 30.5 Å². The van der Waals surface area contributed by atoms with Gasteiger partial charge in [-0.3, -0.25) is 4.79 Å². The first-order chi connectivity index (χ1) is 9.06. The van der Waals surface area contributed by atoms with E-state index in [1.165, 1.54) is 10.7 Å². The van der Waals surface area contributed by atoms with Gasteiger partial charge in [-0.15, -0.1) is 0 Å². The minimum atomic E-state index is -2.58. The number of carbonyl (C=O) groups excluding carboxylic acids is 1. The third kappa shape index (κ3) is 3.27. The fraction of sp³-hybridized carbons (Fsp3) is 0.167. The molecule has 2 aromatic rings. The summed E-state index contributed by atoms with van der Waals surface area (Å²) in [5, 5.41) is 6.09. The number of halogens is 2. The number of benzene rings is 1. The van der Waals surface area contributed by atoms with Gasteiger partial charge in [-0.25, -0.2) is 13.5 Å². The first kappa shape index (κ1) is 13.0. The normalized spacial score (nSPS) is 10.7. The van der Waals surface area contributed by atoms with Crippen LogP contribution in [-0.4, -0.2) is 28.7 Å². The second-order valence-electron chi connectivity index (χ2n) is 3.84. The molecule has 100 valence electrons. The fourth-order valence-electron chi connectivity index (χ4n) is 1.48. The van der Waals surface area contributed by atoms with Gasteiger partial charge < -0.3 is 11.1 Å². The minimum absolute atomic E-state index is 0.0810. The van der Waals surface area contributed by atoms with Gasteiger partial charge in [-0.2, -0.15) is 5.10 Å². The van der Waals surface area contributed by atoms with Crippen molar-refractivity contribution < 1.29 is 13.6 Å². The average molecular weight is 266 g/mol. The zero-order valence-electron chi connectivity index (χ0n) is 9.88. The number of carbonyl (C=O) groups is 1. The molecule has 0 aliphatic carbocycles. The van der Waals surface area contributed by atoms with Crippen molar-refractivity contribution in [1.29, 1.82) is 0 Å². The monoisotopic (exact) mass is 266 g/mol. The third-order valence-electron chi connectivity index (χ3n) is 2.40. The zero-order chi connectivity index (χ0) is 13.8. The minimum Gasteiger partial charge on any atom is -0.399 e. The lowest BCUT2D eigenvalue weighted by Gasteiger charge is -2.02. The Bertz CT molecular complexity index is 565. The molecule has 1 amide bonds. The number of nitrogens with zero attached hydrogens (tertiary/aromatic N) is 2. The van der Waals surface area contributed by atoms with Crippen molar-refractivity contribution in [2.24, 2.45) is 0 Å². The maximum absolute atomic E-state index is 12.0. The van der Waals surface area contributed by atoms with E-state index in [0.29, 0.717) is 5.69 Å². The van der Waals surface area contributed by atoms with Crippen molar-refractivity contribution >= 4 is 11.6 Å². The van der Waals surface area contributed by atoms with Gasteiger partial charge in [0.05, 0.1) is 12.2 Å². The second kappa shape index (κ2) is 5.47. The molecule has 0 aliphatic heterocycles. The molecule has 19 heavy (non-hydrogen) atoms. The smallest absolute Gasteiger partial charge is 0.271 e. The molecule has 0 atom stereocenters. The van der Waals surface area contributed by atoms with Crippen LogP contribution in [0, 0.1) is 0 Å². The van der Waals surface area contributed by atoms with E-state index in [2.05, 4.69) is 10.4 Å². The van der Waals surface area contributed by atoms with Crippen LogP contribution in [0.3, 0.4) is 0 Å². The van der Waals surface area contributed by atoms with Crippen LogP contribution < -0.4 is 11.1 Å². The molecule has 1 heterocycles. The van der Waals surface area contributed by atoms with Crippen LogP contribution in [0.15, 0.2) is 36.5 Å². The first-order valence-corrected chi connectivity index (χ1v) is 5.54. The van der Waals surface area contributed by atoms with Gasteiger partial charge in [0.15, 0.2) is 5.69 Å². The topological polar surface area (TPSA) is 72.9 Å². The number of nitrogen functional groups attached to an aromatic ring is 1. The van der Waals surface area contributed by atoms with Crippen molar-refractivity contribution in [3.05, 3.63) is 42.2 Å². The molecule has 0 saturated carbocycles. The third-order valence-corrected chi connectivity index (χ3v) is 2.40. The Morgan fingerprint density at radius 1 is 1.32 bits per heavy atom. The van der Waals surface area contributed by atoms with Crippen molar-refractivity contribution in [2.75, 3.05) is 12.3 Å².